The number of nitrogen functional groups attached to an aromatic ring is 1. The second kappa shape index (κ2) is 5.77. The van der Waals surface area contributed by atoms with E-state index in [0.717, 1.165) is 11.4 Å². The topological polar surface area (TPSA) is 81.3 Å². The third-order valence-electron chi connectivity index (χ3n) is 1.76. The Morgan fingerprint density at radius 1 is 1.60 bits per heavy atom. The first kappa shape index (κ1) is 12.1. The van der Waals surface area contributed by atoms with E-state index in [1.807, 2.05) is 6.92 Å². The first-order valence-corrected chi connectivity index (χ1v) is 5.49. The second-order valence-electron chi connectivity index (χ2n) is 3.05. The zero-order valence-corrected chi connectivity index (χ0v) is 9.62. The maximum Gasteiger partial charge on any atom is 0.224 e. The minimum Gasteiger partial charge on any atom is -0.481 e. The molecule has 1 aromatic rings. The van der Waals surface area contributed by atoms with E-state index in [1.54, 1.807) is 17.8 Å². The molecule has 1 unspecified atom stereocenters. The molecule has 6 heteroatoms. The van der Waals surface area contributed by atoms with E-state index in [4.69, 9.17) is 15.6 Å². The molecule has 0 fully saturated rings. The molecule has 0 aromatic carbocycles. The van der Waals surface area contributed by atoms with E-state index in [2.05, 4.69) is 9.97 Å². The van der Waals surface area contributed by atoms with Gasteiger partial charge in [0.1, 0.15) is 5.03 Å². The van der Waals surface area contributed by atoms with Crippen LogP contribution in [0.25, 0.3) is 0 Å². The predicted molar refractivity (Wildman–Crippen MR) is 60.0 cm³/mol. The summed E-state index contributed by atoms with van der Waals surface area (Å²) in [4.78, 5) is 7.96. The number of nitrogens with two attached hydrogens (primary N) is 1. The number of aromatic nitrogens is 2. The zero-order valence-electron chi connectivity index (χ0n) is 8.80. The van der Waals surface area contributed by atoms with E-state index in [9.17, 15) is 0 Å². The van der Waals surface area contributed by atoms with Gasteiger partial charge in [-0.15, -0.1) is 11.8 Å². The fourth-order valence-electron chi connectivity index (χ4n) is 1.03. The average Bonchev–Trinajstić information content (AvgIpc) is 2.17. The van der Waals surface area contributed by atoms with Crippen molar-refractivity contribution in [3.8, 4) is 5.88 Å². The van der Waals surface area contributed by atoms with Gasteiger partial charge in [0, 0.05) is 17.9 Å². The van der Waals surface area contributed by atoms with Gasteiger partial charge in [-0.3, -0.25) is 0 Å². The smallest absolute Gasteiger partial charge is 0.224 e. The van der Waals surface area contributed by atoms with Crippen LogP contribution in [0.5, 0.6) is 5.88 Å². The molecule has 15 heavy (non-hydrogen) atoms. The number of methoxy groups -OCH3 is 1. The number of hydrogen-bond donors (Lipinski definition) is 2. The van der Waals surface area contributed by atoms with E-state index < -0.39 is 0 Å². The van der Waals surface area contributed by atoms with Gasteiger partial charge < -0.3 is 15.6 Å². The number of rotatable bonds is 5. The SMILES string of the molecule is COc1cc(SC(C)CCO)nc(N)n1. The summed E-state index contributed by atoms with van der Waals surface area (Å²) in [6.45, 7) is 2.19. The molecule has 1 atom stereocenters. The van der Waals surface area contributed by atoms with E-state index in [0.29, 0.717) is 5.88 Å². The van der Waals surface area contributed by atoms with Crippen LogP contribution in [0.3, 0.4) is 0 Å². The van der Waals surface area contributed by atoms with Crippen LogP contribution in [0.15, 0.2) is 11.1 Å². The number of aliphatic hydroxyl groups is 1. The van der Waals surface area contributed by atoms with Crippen LogP contribution in [-0.2, 0) is 0 Å². The van der Waals surface area contributed by atoms with Crippen molar-refractivity contribution < 1.29 is 9.84 Å². The molecule has 1 aromatic heterocycles. The molecule has 0 saturated heterocycles. The van der Waals surface area contributed by atoms with Gasteiger partial charge in [-0.2, -0.15) is 4.98 Å². The molecule has 84 valence electrons. The minimum atomic E-state index is 0.172. The summed E-state index contributed by atoms with van der Waals surface area (Å²) in [6.07, 6.45) is 0.719. The number of aliphatic hydroxyl groups excluding tert-OH is 1. The summed E-state index contributed by atoms with van der Waals surface area (Å²) < 4.78 is 4.98. The Bertz CT molecular complexity index is 322. The number of ether oxygens (including phenoxy) is 1. The van der Waals surface area contributed by atoms with Crippen LogP contribution in [0.4, 0.5) is 5.95 Å². The number of thioether (sulfide) groups is 1. The summed E-state index contributed by atoms with van der Waals surface area (Å²) >= 11 is 1.54. The van der Waals surface area contributed by atoms with E-state index >= 15 is 0 Å². The molecule has 0 aliphatic rings. The molecule has 0 radical (unpaired) electrons. The zero-order chi connectivity index (χ0) is 11.3. The molecular weight excluding hydrogens is 214 g/mol. The molecule has 0 bridgehead atoms. The number of anilines is 1. The van der Waals surface area contributed by atoms with Crippen molar-refractivity contribution in [3.63, 3.8) is 0 Å². The average molecular weight is 229 g/mol. The lowest BCUT2D eigenvalue weighted by Gasteiger charge is -2.09. The molecule has 0 aliphatic heterocycles. The highest BCUT2D eigenvalue weighted by atomic mass is 32.2. The van der Waals surface area contributed by atoms with Gasteiger partial charge in [-0.25, -0.2) is 4.98 Å². The normalized spacial score (nSPS) is 12.5. The molecule has 0 aliphatic carbocycles. The molecule has 1 rings (SSSR count). The van der Waals surface area contributed by atoms with Gasteiger partial charge in [0.15, 0.2) is 0 Å². The molecule has 5 nitrogen and oxygen atoms in total. The van der Waals surface area contributed by atoms with Crippen LogP contribution in [-0.4, -0.2) is 34.0 Å². The summed E-state index contributed by atoms with van der Waals surface area (Å²) in [5.74, 6) is 0.661. The molecule has 0 spiro atoms. The van der Waals surface area contributed by atoms with Crippen LogP contribution in [0.2, 0.25) is 0 Å². The Hall–Kier alpha value is -1.01. The largest absolute Gasteiger partial charge is 0.481 e. The van der Waals surface area contributed by atoms with Crippen molar-refractivity contribution >= 4 is 17.7 Å². The van der Waals surface area contributed by atoms with Gasteiger partial charge in [0.25, 0.3) is 0 Å². The van der Waals surface area contributed by atoms with Gasteiger partial charge in [-0.05, 0) is 6.42 Å². The van der Waals surface area contributed by atoms with Crippen molar-refractivity contribution in [3.05, 3.63) is 6.07 Å². The van der Waals surface area contributed by atoms with Gasteiger partial charge in [-0.1, -0.05) is 6.92 Å². The van der Waals surface area contributed by atoms with Crippen molar-refractivity contribution in [2.45, 2.75) is 23.6 Å². The Labute approximate surface area is 93.1 Å². The summed E-state index contributed by atoms with van der Waals surface area (Å²) in [5.41, 5.74) is 5.52. The molecule has 0 saturated carbocycles. The standard InChI is InChI=1S/C9H15N3O2S/c1-6(3-4-13)15-8-5-7(14-2)11-9(10)12-8/h5-6,13H,3-4H2,1-2H3,(H2,10,11,12). The summed E-state index contributed by atoms with van der Waals surface area (Å²) in [7, 11) is 1.54. The fraction of sp³-hybridized carbons (Fsp3) is 0.556. The highest BCUT2D eigenvalue weighted by Crippen LogP contribution is 2.25. The number of hydrogen-bond acceptors (Lipinski definition) is 6. The third kappa shape index (κ3) is 3.93. The van der Waals surface area contributed by atoms with Crippen LogP contribution in [0, 0.1) is 0 Å². The fourth-order valence-corrected chi connectivity index (χ4v) is 1.98. The minimum absolute atomic E-state index is 0.172. The van der Waals surface area contributed by atoms with Crippen LogP contribution in [0.1, 0.15) is 13.3 Å². The van der Waals surface area contributed by atoms with Crippen molar-refractivity contribution in [2.75, 3.05) is 19.5 Å². The monoisotopic (exact) mass is 229 g/mol. The van der Waals surface area contributed by atoms with Gasteiger partial charge in [0.05, 0.1) is 7.11 Å². The Morgan fingerprint density at radius 2 is 2.33 bits per heavy atom. The first-order chi connectivity index (χ1) is 7.15. The second-order valence-corrected chi connectivity index (χ2v) is 4.51. The molecule has 0 amide bonds. The predicted octanol–water partition coefficient (Wildman–Crippen LogP) is 0.930. The van der Waals surface area contributed by atoms with Gasteiger partial charge in [0.2, 0.25) is 11.8 Å². The Balaban J connectivity index is 2.71. The summed E-state index contributed by atoms with van der Waals surface area (Å²) in [5, 5.41) is 9.82. The molecule has 3 N–H and O–H groups in total. The molecular formula is C9H15N3O2S. The highest BCUT2D eigenvalue weighted by Gasteiger charge is 2.08. The Kier molecular flexibility index (Phi) is 4.64. The van der Waals surface area contributed by atoms with E-state index in [1.165, 1.54) is 7.11 Å². The maximum atomic E-state index is 8.77. The molecule has 1 heterocycles. The Morgan fingerprint density at radius 3 is 2.93 bits per heavy atom. The van der Waals surface area contributed by atoms with Crippen molar-refractivity contribution in [2.24, 2.45) is 0 Å². The van der Waals surface area contributed by atoms with Crippen molar-refractivity contribution in [1.82, 2.24) is 9.97 Å². The third-order valence-corrected chi connectivity index (χ3v) is 2.85. The van der Waals surface area contributed by atoms with Gasteiger partial charge >= 0.3 is 0 Å². The van der Waals surface area contributed by atoms with Crippen LogP contribution >= 0.6 is 11.8 Å². The lowest BCUT2D eigenvalue weighted by atomic mass is 10.3. The van der Waals surface area contributed by atoms with E-state index in [-0.39, 0.29) is 17.8 Å². The quantitative estimate of drug-likeness (QED) is 0.577. The lowest BCUT2D eigenvalue weighted by molar-refractivity contribution is 0.289. The highest BCUT2D eigenvalue weighted by molar-refractivity contribution is 7.99. The number of nitrogens with zero attached hydrogens (tertiary/aromatic N) is 2. The summed E-state index contributed by atoms with van der Waals surface area (Å²) in [6, 6.07) is 1.73. The first-order valence-electron chi connectivity index (χ1n) is 4.61. The van der Waals surface area contributed by atoms with Crippen molar-refractivity contribution in [1.29, 1.82) is 0 Å². The maximum absolute atomic E-state index is 8.77. The lowest BCUT2D eigenvalue weighted by Crippen LogP contribution is -2.03. The van der Waals surface area contributed by atoms with Crippen LogP contribution < -0.4 is 10.5 Å².